The fraction of sp³-hybridized carbons (Fsp3) is 0.294. The first-order valence-electron chi connectivity index (χ1n) is 7.35. The van der Waals surface area contributed by atoms with Crippen molar-refractivity contribution in [3.8, 4) is 0 Å². The minimum Gasteiger partial charge on any atom is -0.482 e. The van der Waals surface area contributed by atoms with Gasteiger partial charge in [-0.3, -0.25) is 4.79 Å². The summed E-state index contributed by atoms with van der Waals surface area (Å²) in [6, 6.07) is 0. The average molecular weight is 312 g/mol. The van der Waals surface area contributed by atoms with E-state index in [1.165, 1.54) is 0 Å². The topological polar surface area (TPSA) is 41.9 Å². The van der Waals surface area contributed by atoms with Crippen LogP contribution in [-0.4, -0.2) is 29.0 Å². The lowest BCUT2D eigenvalue weighted by molar-refractivity contribution is -0.116. The summed E-state index contributed by atoms with van der Waals surface area (Å²) in [4.78, 5) is 17.1. The number of allylic oxidation sites excluding steroid dienone is 6. The lowest BCUT2D eigenvalue weighted by Crippen LogP contribution is -2.31. The third-order valence-corrected chi connectivity index (χ3v) is 4.54. The van der Waals surface area contributed by atoms with Crippen molar-refractivity contribution >= 4 is 24.3 Å². The van der Waals surface area contributed by atoms with Gasteiger partial charge in [0.25, 0.3) is 0 Å². The normalized spacial score (nSPS) is 25.9. The van der Waals surface area contributed by atoms with E-state index in [0.717, 1.165) is 34.7 Å². The minimum atomic E-state index is -0.234. The molecule has 0 saturated carbocycles. The van der Waals surface area contributed by atoms with Crippen LogP contribution in [-0.2, 0) is 9.53 Å². The van der Waals surface area contributed by atoms with E-state index in [0.29, 0.717) is 18.6 Å². The second-order valence-corrected chi connectivity index (χ2v) is 6.33. The van der Waals surface area contributed by atoms with Gasteiger partial charge in [0.1, 0.15) is 11.5 Å². The van der Waals surface area contributed by atoms with Crippen LogP contribution in [0.15, 0.2) is 63.7 Å². The van der Waals surface area contributed by atoms with Crippen LogP contribution < -0.4 is 0 Å². The summed E-state index contributed by atoms with van der Waals surface area (Å²) in [5.74, 6) is 0.874. The van der Waals surface area contributed by atoms with E-state index in [9.17, 15) is 4.79 Å². The summed E-state index contributed by atoms with van der Waals surface area (Å²) >= 11 is 4.30. The Labute approximate surface area is 134 Å². The van der Waals surface area contributed by atoms with Gasteiger partial charge in [-0.15, -0.1) is 0 Å². The lowest BCUT2D eigenvalue weighted by atomic mass is 9.85. The molecule has 1 heterocycles. The largest absolute Gasteiger partial charge is 0.482 e. The Hall–Kier alpha value is -2.01. The number of carbonyl (C=O) groups excluding carboxylic acids is 1. The van der Waals surface area contributed by atoms with Crippen LogP contribution in [0, 0.1) is 0 Å². The number of aliphatic imine (C=N–C) groups is 1. The monoisotopic (exact) mass is 312 g/mol. The van der Waals surface area contributed by atoms with Crippen molar-refractivity contribution in [2.75, 3.05) is 7.05 Å². The highest BCUT2D eigenvalue weighted by Gasteiger charge is 2.34. The van der Waals surface area contributed by atoms with Crippen LogP contribution in [0.25, 0.3) is 0 Å². The lowest BCUT2D eigenvalue weighted by Gasteiger charge is -2.32. The van der Waals surface area contributed by atoms with Crippen molar-refractivity contribution in [2.24, 2.45) is 4.99 Å². The summed E-state index contributed by atoms with van der Waals surface area (Å²) in [5.41, 5.74) is 4.64. The van der Waals surface area contributed by atoms with Gasteiger partial charge < -0.3 is 9.04 Å². The van der Waals surface area contributed by atoms with Crippen LogP contribution in [0.2, 0.25) is 0 Å². The molecule has 0 bridgehead atoms. The predicted molar refractivity (Wildman–Crippen MR) is 88.3 cm³/mol. The van der Waals surface area contributed by atoms with E-state index in [-0.39, 0.29) is 11.9 Å². The summed E-state index contributed by atoms with van der Waals surface area (Å²) in [6.07, 6.45) is 11.6. The second-order valence-electron chi connectivity index (χ2n) is 5.73. The number of hydrogen-bond donors (Lipinski definition) is 1. The SMILES string of the molecule is CN(S)C1=CC2OC3=C(N=C2C=C1)C1=C(CC=CC1)C(=O)C3. The Morgan fingerprint density at radius 3 is 2.82 bits per heavy atom. The summed E-state index contributed by atoms with van der Waals surface area (Å²) in [5, 5.41) is 0. The summed E-state index contributed by atoms with van der Waals surface area (Å²) < 4.78 is 7.81. The van der Waals surface area contributed by atoms with Gasteiger partial charge >= 0.3 is 0 Å². The number of Topliss-reactive ketones (excluding diaryl/α,β-unsaturated/α-hetero) is 1. The first kappa shape index (κ1) is 13.6. The van der Waals surface area contributed by atoms with Gasteiger partial charge in [-0.2, -0.15) is 0 Å². The standard InChI is InChI=1S/C17H16N2O2S/c1-19(22)10-6-7-13-15(8-10)21-16-9-14(20)11-4-2-3-5-12(11)17(16)18-13/h2-3,6-8,15,22H,4-5,9H2,1H3. The maximum absolute atomic E-state index is 12.3. The molecule has 0 radical (unpaired) electrons. The highest BCUT2D eigenvalue weighted by molar-refractivity contribution is 7.77. The van der Waals surface area contributed by atoms with Gasteiger partial charge in [0.05, 0.1) is 12.1 Å². The molecule has 0 amide bonds. The van der Waals surface area contributed by atoms with Crippen LogP contribution in [0.1, 0.15) is 19.3 Å². The molecular weight excluding hydrogens is 296 g/mol. The first-order chi connectivity index (χ1) is 10.6. The average Bonchev–Trinajstić information content (AvgIpc) is 2.53. The molecule has 1 aliphatic heterocycles. The van der Waals surface area contributed by atoms with Crippen molar-refractivity contribution < 1.29 is 9.53 Å². The van der Waals surface area contributed by atoms with Gasteiger partial charge in [0.2, 0.25) is 0 Å². The molecule has 0 saturated heterocycles. The number of likely N-dealkylation sites (N-methyl/N-ethyl adjacent to an activating group) is 1. The number of ether oxygens (including phenoxy) is 1. The Morgan fingerprint density at radius 1 is 1.27 bits per heavy atom. The molecule has 1 unspecified atom stereocenters. The van der Waals surface area contributed by atoms with Crippen LogP contribution in [0.5, 0.6) is 0 Å². The third kappa shape index (κ3) is 2.08. The van der Waals surface area contributed by atoms with E-state index >= 15 is 0 Å². The number of thiol groups is 1. The molecule has 0 aromatic heterocycles. The summed E-state index contributed by atoms with van der Waals surface area (Å²) in [7, 11) is 1.87. The van der Waals surface area contributed by atoms with Crippen LogP contribution >= 0.6 is 12.8 Å². The fourth-order valence-corrected chi connectivity index (χ4v) is 3.29. The van der Waals surface area contributed by atoms with Gasteiger partial charge in [-0.25, -0.2) is 4.99 Å². The van der Waals surface area contributed by atoms with Gasteiger partial charge in [0.15, 0.2) is 11.9 Å². The zero-order valence-electron chi connectivity index (χ0n) is 12.2. The molecular formula is C17H16N2O2S. The van der Waals surface area contributed by atoms with Crippen molar-refractivity contribution in [1.82, 2.24) is 4.31 Å². The number of carbonyl (C=O) groups is 1. The quantitative estimate of drug-likeness (QED) is 0.598. The molecule has 1 atom stereocenters. The van der Waals surface area contributed by atoms with E-state index in [1.807, 2.05) is 25.3 Å². The number of rotatable bonds is 1. The minimum absolute atomic E-state index is 0.165. The molecule has 0 spiro atoms. The number of hydrogen-bond acceptors (Lipinski definition) is 5. The molecule has 0 N–H and O–H groups in total. The van der Waals surface area contributed by atoms with E-state index in [2.05, 4.69) is 25.0 Å². The van der Waals surface area contributed by atoms with Gasteiger partial charge in [-0.05, 0) is 36.6 Å². The molecule has 3 aliphatic carbocycles. The van der Waals surface area contributed by atoms with Crippen molar-refractivity contribution in [2.45, 2.75) is 25.4 Å². The van der Waals surface area contributed by atoms with Crippen LogP contribution in [0.3, 0.4) is 0 Å². The smallest absolute Gasteiger partial charge is 0.167 e. The molecule has 4 nitrogen and oxygen atoms in total. The number of ketones is 1. The molecule has 0 fully saturated rings. The Bertz CT molecular complexity index is 751. The van der Waals surface area contributed by atoms with Crippen molar-refractivity contribution in [3.05, 3.63) is 58.7 Å². The zero-order chi connectivity index (χ0) is 15.3. The van der Waals surface area contributed by atoms with Gasteiger partial charge in [0, 0.05) is 18.3 Å². The van der Waals surface area contributed by atoms with Crippen molar-refractivity contribution in [3.63, 3.8) is 0 Å². The first-order valence-corrected chi connectivity index (χ1v) is 7.75. The molecule has 22 heavy (non-hydrogen) atoms. The highest BCUT2D eigenvalue weighted by Crippen LogP contribution is 2.39. The molecule has 112 valence electrons. The van der Waals surface area contributed by atoms with E-state index in [4.69, 9.17) is 9.73 Å². The zero-order valence-corrected chi connectivity index (χ0v) is 13.1. The van der Waals surface area contributed by atoms with Gasteiger partial charge in [-0.1, -0.05) is 25.0 Å². The third-order valence-electron chi connectivity index (χ3n) is 4.30. The summed E-state index contributed by atoms with van der Waals surface area (Å²) in [6.45, 7) is 0. The molecule has 0 aromatic carbocycles. The Morgan fingerprint density at radius 2 is 2.05 bits per heavy atom. The Balaban J connectivity index is 1.74. The molecule has 5 heteroatoms. The van der Waals surface area contributed by atoms with E-state index in [1.54, 1.807) is 4.31 Å². The molecule has 4 rings (SSSR count). The second kappa shape index (κ2) is 5.02. The highest BCUT2D eigenvalue weighted by atomic mass is 32.1. The number of nitrogens with zero attached hydrogens (tertiary/aromatic N) is 2. The van der Waals surface area contributed by atoms with Crippen molar-refractivity contribution in [1.29, 1.82) is 0 Å². The van der Waals surface area contributed by atoms with E-state index < -0.39 is 0 Å². The molecule has 0 aromatic rings. The van der Waals surface area contributed by atoms with Crippen LogP contribution in [0.4, 0.5) is 0 Å². The maximum Gasteiger partial charge on any atom is 0.167 e. The number of fused-ring (bicyclic) bond motifs is 2. The Kier molecular flexibility index (Phi) is 3.11. The molecule has 4 aliphatic rings. The maximum atomic E-state index is 12.3. The fourth-order valence-electron chi connectivity index (χ4n) is 3.16. The predicted octanol–water partition coefficient (Wildman–Crippen LogP) is 2.89.